The van der Waals surface area contributed by atoms with Crippen molar-refractivity contribution in [3.05, 3.63) is 18.6 Å². The van der Waals surface area contributed by atoms with E-state index in [2.05, 4.69) is 40.4 Å². The smallest absolute Gasteiger partial charge is 0.180 e. The summed E-state index contributed by atoms with van der Waals surface area (Å²) in [5, 5.41) is 3.31. The first-order chi connectivity index (χ1) is 9.69. The van der Waals surface area contributed by atoms with E-state index in [1.807, 2.05) is 18.6 Å². The SMILES string of the molecule is CCNc1cn2ccnc2c(N2CC(C)CCC2C)n1. The van der Waals surface area contributed by atoms with Crippen molar-refractivity contribution in [2.75, 3.05) is 23.3 Å². The molecule has 1 fully saturated rings. The second-order valence-electron chi connectivity index (χ2n) is 5.82. The molecule has 20 heavy (non-hydrogen) atoms. The molecule has 5 nitrogen and oxygen atoms in total. The monoisotopic (exact) mass is 273 g/mol. The first kappa shape index (κ1) is 13.2. The van der Waals surface area contributed by atoms with Crippen LogP contribution in [0.2, 0.25) is 0 Å². The topological polar surface area (TPSA) is 45.5 Å². The van der Waals surface area contributed by atoms with Crippen molar-refractivity contribution in [2.45, 2.75) is 39.7 Å². The van der Waals surface area contributed by atoms with Crippen LogP contribution in [0.5, 0.6) is 0 Å². The largest absolute Gasteiger partial charge is 0.369 e. The van der Waals surface area contributed by atoms with Gasteiger partial charge in [0.05, 0.1) is 6.20 Å². The number of nitrogens with zero attached hydrogens (tertiary/aromatic N) is 4. The van der Waals surface area contributed by atoms with E-state index in [0.29, 0.717) is 12.0 Å². The number of piperidine rings is 1. The molecule has 0 aliphatic carbocycles. The Kier molecular flexibility index (Phi) is 3.51. The molecule has 0 aromatic carbocycles. The Bertz CT molecular complexity index is 591. The minimum atomic E-state index is 0.524. The quantitative estimate of drug-likeness (QED) is 0.934. The first-order valence-corrected chi connectivity index (χ1v) is 7.53. The highest BCUT2D eigenvalue weighted by Gasteiger charge is 2.26. The van der Waals surface area contributed by atoms with E-state index in [9.17, 15) is 0 Å². The molecule has 1 aliphatic heterocycles. The lowest BCUT2D eigenvalue weighted by Crippen LogP contribution is -2.42. The first-order valence-electron chi connectivity index (χ1n) is 7.53. The summed E-state index contributed by atoms with van der Waals surface area (Å²) in [6.07, 6.45) is 8.36. The summed E-state index contributed by atoms with van der Waals surface area (Å²) in [5.74, 6) is 2.64. The molecule has 108 valence electrons. The van der Waals surface area contributed by atoms with Crippen LogP contribution in [0.4, 0.5) is 11.6 Å². The summed E-state index contributed by atoms with van der Waals surface area (Å²) in [4.78, 5) is 11.7. The summed E-state index contributed by atoms with van der Waals surface area (Å²) in [7, 11) is 0. The second kappa shape index (κ2) is 5.31. The Morgan fingerprint density at radius 3 is 3.00 bits per heavy atom. The van der Waals surface area contributed by atoms with Crippen LogP contribution >= 0.6 is 0 Å². The lowest BCUT2D eigenvalue weighted by atomic mass is 9.95. The van der Waals surface area contributed by atoms with Gasteiger partial charge >= 0.3 is 0 Å². The van der Waals surface area contributed by atoms with Gasteiger partial charge in [-0.25, -0.2) is 9.97 Å². The Morgan fingerprint density at radius 2 is 2.20 bits per heavy atom. The molecule has 1 saturated heterocycles. The van der Waals surface area contributed by atoms with Gasteiger partial charge in [0, 0.05) is 31.5 Å². The van der Waals surface area contributed by atoms with E-state index >= 15 is 0 Å². The number of imidazole rings is 1. The van der Waals surface area contributed by atoms with Crippen LogP contribution in [0.15, 0.2) is 18.6 Å². The third-order valence-electron chi connectivity index (χ3n) is 4.10. The Morgan fingerprint density at radius 1 is 1.35 bits per heavy atom. The molecule has 0 radical (unpaired) electrons. The van der Waals surface area contributed by atoms with Crippen LogP contribution in [0.3, 0.4) is 0 Å². The van der Waals surface area contributed by atoms with Crippen molar-refractivity contribution in [1.29, 1.82) is 0 Å². The van der Waals surface area contributed by atoms with Crippen LogP contribution < -0.4 is 10.2 Å². The van der Waals surface area contributed by atoms with E-state index in [1.165, 1.54) is 12.8 Å². The van der Waals surface area contributed by atoms with Crippen LogP contribution in [0.1, 0.15) is 33.6 Å². The number of anilines is 2. The molecular weight excluding hydrogens is 250 g/mol. The average molecular weight is 273 g/mol. The number of nitrogens with one attached hydrogen (secondary N) is 1. The highest BCUT2D eigenvalue weighted by Crippen LogP contribution is 2.29. The minimum absolute atomic E-state index is 0.524. The average Bonchev–Trinajstić information content (AvgIpc) is 2.89. The van der Waals surface area contributed by atoms with Crippen LogP contribution in [-0.2, 0) is 0 Å². The van der Waals surface area contributed by atoms with Gasteiger partial charge in [-0.1, -0.05) is 6.92 Å². The molecule has 0 amide bonds. The van der Waals surface area contributed by atoms with E-state index < -0.39 is 0 Å². The zero-order valence-electron chi connectivity index (χ0n) is 12.5. The molecule has 1 aliphatic rings. The Hall–Kier alpha value is -1.78. The standard InChI is InChI=1S/C15H23N5/c1-4-16-13-10-19-8-7-17-14(19)15(18-13)20-9-11(2)5-6-12(20)3/h7-8,10-12,16H,4-6,9H2,1-3H3. The Balaban J connectivity index is 2.05. The van der Waals surface area contributed by atoms with Gasteiger partial charge in [-0.05, 0) is 32.6 Å². The molecule has 0 bridgehead atoms. The lowest BCUT2D eigenvalue weighted by molar-refractivity contribution is 0.388. The van der Waals surface area contributed by atoms with Gasteiger partial charge < -0.3 is 14.6 Å². The van der Waals surface area contributed by atoms with Crippen molar-refractivity contribution >= 4 is 17.3 Å². The van der Waals surface area contributed by atoms with Crippen LogP contribution in [0, 0.1) is 5.92 Å². The number of hydrogen-bond donors (Lipinski definition) is 1. The summed E-state index contributed by atoms with van der Waals surface area (Å²) in [6, 6.07) is 0.524. The van der Waals surface area contributed by atoms with Gasteiger partial charge in [0.2, 0.25) is 0 Å². The van der Waals surface area contributed by atoms with E-state index in [0.717, 1.165) is 30.4 Å². The normalized spacial score (nSPS) is 23.2. The summed E-state index contributed by atoms with van der Waals surface area (Å²) >= 11 is 0. The summed E-state index contributed by atoms with van der Waals surface area (Å²) in [5.41, 5.74) is 0.951. The number of hydrogen-bond acceptors (Lipinski definition) is 4. The van der Waals surface area contributed by atoms with Gasteiger partial charge in [0.25, 0.3) is 0 Å². The van der Waals surface area contributed by atoms with Crippen molar-refractivity contribution in [3.63, 3.8) is 0 Å². The molecule has 5 heteroatoms. The maximum Gasteiger partial charge on any atom is 0.180 e. The molecule has 2 aromatic heterocycles. The second-order valence-corrected chi connectivity index (χ2v) is 5.82. The fourth-order valence-corrected chi connectivity index (χ4v) is 2.96. The van der Waals surface area contributed by atoms with Crippen LogP contribution in [0.25, 0.3) is 5.65 Å². The van der Waals surface area contributed by atoms with Crippen molar-refractivity contribution < 1.29 is 0 Å². The highest BCUT2D eigenvalue weighted by molar-refractivity contribution is 5.67. The van der Waals surface area contributed by atoms with Crippen molar-refractivity contribution in [3.8, 4) is 0 Å². The zero-order valence-corrected chi connectivity index (χ0v) is 12.5. The molecule has 3 rings (SSSR count). The number of aromatic nitrogens is 3. The van der Waals surface area contributed by atoms with Gasteiger partial charge in [0.1, 0.15) is 5.82 Å². The molecule has 0 spiro atoms. The van der Waals surface area contributed by atoms with Gasteiger partial charge in [0.15, 0.2) is 11.5 Å². The minimum Gasteiger partial charge on any atom is -0.369 e. The van der Waals surface area contributed by atoms with Gasteiger partial charge in [-0.2, -0.15) is 0 Å². The molecule has 0 saturated carbocycles. The van der Waals surface area contributed by atoms with E-state index in [1.54, 1.807) is 0 Å². The van der Waals surface area contributed by atoms with E-state index in [-0.39, 0.29) is 0 Å². The third-order valence-corrected chi connectivity index (χ3v) is 4.10. The Labute approximate surface area is 120 Å². The van der Waals surface area contributed by atoms with Crippen molar-refractivity contribution in [2.24, 2.45) is 5.92 Å². The lowest BCUT2D eigenvalue weighted by Gasteiger charge is -2.37. The molecule has 1 N–H and O–H groups in total. The van der Waals surface area contributed by atoms with Crippen LogP contribution in [-0.4, -0.2) is 33.5 Å². The van der Waals surface area contributed by atoms with E-state index in [4.69, 9.17) is 4.98 Å². The summed E-state index contributed by atoms with van der Waals surface area (Å²) < 4.78 is 2.06. The molecule has 3 heterocycles. The van der Waals surface area contributed by atoms with Gasteiger partial charge in [-0.3, -0.25) is 0 Å². The highest BCUT2D eigenvalue weighted by atomic mass is 15.3. The maximum atomic E-state index is 4.80. The predicted molar refractivity (Wildman–Crippen MR) is 82.4 cm³/mol. The summed E-state index contributed by atoms with van der Waals surface area (Å²) in [6.45, 7) is 8.62. The fraction of sp³-hybridized carbons (Fsp3) is 0.600. The fourth-order valence-electron chi connectivity index (χ4n) is 2.96. The van der Waals surface area contributed by atoms with Gasteiger partial charge in [-0.15, -0.1) is 0 Å². The predicted octanol–water partition coefficient (Wildman–Crippen LogP) is 2.79. The molecule has 2 aromatic rings. The number of fused-ring (bicyclic) bond motifs is 1. The third kappa shape index (κ3) is 2.32. The molecule has 2 unspecified atom stereocenters. The molecule has 2 atom stereocenters. The number of rotatable bonds is 3. The molecular formula is C15H23N5. The van der Waals surface area contributed by atoms with Crippen molar-refractivity contribution in [1.82, 2.24) is 14.4 Å². The zero-order chi connectivity index (χ0) is 14.1. The maximum absolute atomic E-state index is 4.80.